The Hall–Kier alpha value is -1.71. The van der Waals surface area contributed by atoms with Crippen molar-refractivity contribution in [2.75, 3.05) is 13.2 Å². The smallest absolute Gasteiger partial charge is 0.220 e. The first-order valence-electron chi connectivity index (χ1n) is 8.46. The molecule has 0 aromatic heterocycles. The maximum absolute atomic E-state index is 12.2. The van der Waals surface area contributed by atoms with Gasteiger partial charge >= 0.3 is 0 Å². The van der Waals surface area contributed by atoms with Crippen molar-refractivity contribution in [1.82, 2.24) is 5.32 Å². The van der Waals surface area contributed by atoms with Gasteiger partial charge in [0.25, 0.3) is 0 Å². The summed E-state index contributed by atoms with van der Waals surface area (Å²) >= 11 is 0. The van der Waals surface area contributed by atoms with Gasteiger partial charge in [0.05, 0.1) is 0 Å². The van der Waals surface area contributed by atoms with E-state index in [2.05, 4.69) is 5.32 Å². The summed E-state index contributed by atoms with van der Waals surface area (Å²) < 4.78 is 11.1. The first kappa shape index (κ1) is 13.9. The molecule has 1 heterocycles. The summed E-state index contributed by atoms with van der Waals surface area (Å²) in [6.07, 6.45) is 6.50. The second-order valence-electron chi connectivity index (χ2n) is 6.83. The first-order valence-corrected chi connectivity index (χ1v) is 8.46. The Morgan fingerprint density at radius 2 is 2.00 bits per heavy atom. The van der Waals surface area contributed by atoms with Gasteiger partial charge in [-0.2, -0.15) is 0 Å². The Balaban J connectivity index is 1.30. The average Bonchev–Trinajstić information content (AvgIpc) is 3.15. The standard InChI is InChI=1S/C18H23NO3/c20-18(19-15-10-13-1-4-14(15)9-13)6-3-12-2-5-16-17(11-12)22-8-7-21-16/h2,5,11,13-15H,1,3-4,6-10H2,(H,19,20). The molecule has 118 valence electrons. The van der Waals surface area contributed by atoms with Crippen molar-refractivity contribution in [2.24, 2.45) is 11.8 Å². The van der Waals surface area contributed by atoms with E-state index in [0.717, 1.165) is 35.3 Å². The minimum atomic E-state index is 0.187. The van der Waals surface area contributed by atoms with Gasteiger partial charge in [-0.1, -0.05) is 12.5 Å². The second-order valence-corrected chi connectivity index (χ2v) is 6.83. The number of nitrogens with one attached hydrogen (secondary N) is 1. The number of carbonyl (C=O) groups excluding carboxylic acids is 1. The molecule has 22 heavy (non-hydrogen) atoms. The third-order valence-electron chi connectivity index (χ3n) is 5.33. The molecule has 0 radical (unpaired) electrons. The van der Waals surface area contributed by atoms with E-state index >= 15 is 0 Å². The fraction of sp³-hybridized carbons (Fsp3) is 0.611. The van der Waals surface area contributed by atoms with Crippen LogP contribution in [0.2, 0.25) is 0 Å². The van der Waals surface area contributed by atoms with Crippen LogP contribution in [0.1, 0.15) is 37.7 Å². The predicted molar refractivity (Wildman–Crippen MR) is 83.1 cm³/mol. The SMILES string of the molecule is O=C(CCc1ccc2c(c1)OCCO2)NC1CC2CCC1C2. The third-order valence-corrected chi connectivity index (χ3v) is 5.33. The van der Waals surface area contributed by atoms with Crippen molar-refractivity contribution in [3.63, 3.8) is 0 Å². The monoisotopic (exact) mass is 301 g/mol. The van der Waals surface area contributed by atoms with Crippen LogP contribution >= 0.6 is 0 Å². The van der Waals surface area contributed by atoms with Gasteiger partial charge in [-0.3, -0.25) is 4.79 Å². The summed E-state index contributed by atoms with van der Waals surface area (Å²) in [5, 5.41) is 3.25. The fourth-order valence-electron chi connectivity index (χ4n) is 4.20. The lowest BCUT2D eigenvalue weighted by Crippen LogP contribution is -2.38. The van der Waals surface area contributed by atoms with E-state index in [9.17, 15) is 4.79 Å². The van der Waals surface area contributed by atoms with Gasteiger partial charge in [0.15, 0.2) is 11.5 Å². The molecule has 0 saturated heterocycles. The lowest BCUT2D eigenvalue weighted by molar-refractivity contribution is -0.122. The van der Waals surface area contributed by atoms with Gasteiger partial charge < -0.3 is 14.8 Å². The highest BCUT2D eigenvalue weighted by Gasteiger charge is 2.39. The summed E-state index contributed by atoms with van der Waals surface area (Å²) in [7, 11) is 0. The predicted octanol–water partition coefficient (Wildman–Crippen LogP) is 2.70. The Morgan fingerprint density at radius 3 is 2.77 bits per heavy atom. The lowest BCUT2D eigenvalue weighted by Gasteiger charge is -2.23. The summed E-state index contributed by atoms with van der Waals surface area (Å²) in [6.45, 7) is 1.21. The van der Waals surface area contributed by atoms with Gasteiger partial charge in [-0.25, -0.2) is 0 Å². The van der Waals surface area contributed by atoms with Crippen molar-refractivity contribution < 1.29 is 14.3 Å². The molecule has 3 atom stereocenters. The number of hydrogen-bond donors (Lipinski definition) is 1. The molecule has 4 heteroatoms. The fourth-order valence-corrected chi connectivity index (χ4v) is 4.20. The van der Waals surface area contributed by atoms with Crippen LogP contribution in [0.25, 0.3) is 0 Å². The topological polar surface area (TPSA) is 47.6 Å². The second kappa shape index (κ2) is 5.82. The zero-order valence-corrected chi connectivity index (χ0v) is 12.8. The Morgan fingerprint density at radius 1 is 1.14 bits per heavy atom. The number of carbonyl (C=O) groups is 1. The van der Waals surface area contributed by atoms with Crippen molar-refractivity contribution >= 4 is 5.91 Å². The van der Waals surface area contributed by atoms with Crippen LogP contribution in [0, 0.1) is 11.8 Å². The van der Waals surface area contributed by atoms with Crippen LogP contribution in [0.5, 0.6) is 11.5 Å². The highest BCUT2D eigenvalue weighted by Crippen LogP contribution is 2.44. The molecule has 2 bridgehead atoms. The van der Waals surface area contributed by atoms with Gasteiger partial charge in [-0.15, -0.1) is 0 Å². The molecule has 2 aliphatic carbocycles. The van der Waals surface area contributed by atoms with E-state index in [0.29, 0.717) is 25.7 Å². The molecular formula is C18H23NO3. The molecule has 1 aromatic rings. The van der Waals surface area contributed by atoms with Crippen molar-refractivity contribution in [1.29, 1.82) is 0 Å². The zero-order valence-electron chi connectivity index (χ0n) is 12.8. The number of ether oxygens (including phenoxy) is 2. The molecule has 2 saturated carbocycles. The summed E-state index contributed by atoms with van der Waals surface area (Å²) in [6, 6.07) is 6.40. The van der Waals surface area contributed by atoms with Crippen LogP contribution in [0.4, 0.5) is 0 Å². The molecule has 0 spiro atoms. The first-order chi connectivity index (χ1) is 10.8. The van der Waals surface area contributed by atoms with Crippen LogP contribution < -0.4 is 14.8 Å². The Labute approximate surface area is 131 Å². The molecule has 3 aliphatic rings. The lowest BCUT2D eigenvalue weighted by atomic mass is 9.95. The molecule has 1 aromatic carbocycles. The van der Waals surface area contributed by atoms with E-state index < -0.39 is 0 Å². The molecule has 4 rings (SSSR count). The highest BCUT2D eigenvalue weighted by molar-refractivity contribution is 5.76. The van der Waals surface area contributed by atoms with E-state index in [1.807, 2.05) is 18.2 Å². The van der Waals surface area contributed by atoms with Crippen LogP contribution in [0.15, 0.2) is 18.2 Å². The minimum absolute atomic E-state index is 0.187. The number of hydrogen-bond acceptors (Lipinski definition) is 3. The quantitative estimate of drug-likeness (QED) is 0.930. The van der Waals surface area contributed by atoms with Gasteiger partial charge in [0.1, 0.15) is 13.2 Å². The van der Waals surface area contributed by atoms with Crippen LogP contribution in [-0.2, 0) is 11.2 Å². The number of benzene rings is 1. The summed E-state index contributed by atoms with van der Waals surface area (Å²) in [5.41, 5.74) is 1.13. The number of rotatable bonds is 4. The van der Waals surface area contributed by atoms with Gasteiger partial charge in [0.2, 0.25) is 5.91 Å². The molecule has 4 nitrogen and oxygen atoms in total. The van der Waals surface area contributed by atoms with Gasteiger partial charge in [0, 0.05) is 12.5 Å². The number of amides is 1. The van der Waals surface area contributed by atoms with Crippen molar-refractivity contribution in [3.05, 3.63) is 23.8 Å². The maximum Gasteiger partial charge on any atom is 0.220 e. The molecular weight excluding hydrogens is 278 g/mol. The summed E-state index contributed by atoms with van der Waals surface area (Å²) in [5.74, 6) is 3.41. The largest absolute Gasteiger partial charge is 0.486 e. The molecule has 1 amide bonds. The van der Waals surface area contributed by atoms with Crippen LogP contribution in [0.3, 0.4) is 0 Å². The number of aryl methyl sites for hydroxylation is 1. The highest BCUT2D eigenvalue weighted by atomic mass is 16.6. The zero-order chi connectivity index (χ0) is 14.9. The molecule has 1 N–H and O–H groups in total. The van der Waals surface area contributed by atoms with Crippen molar-refractivity contribution in [3.8, 4) is 11.5 Å². The summed E-state index contributed by atoms with van der Waals surface area (Å²) in [4.78, 5) is 12.2. The minimum Gasteiger partial charge on any atom is -0.486 e. The van der Waals surface area contributed by atoms with E-state index in [-0.39, 0.29) is 5.91 Å². The normalized spacial score (nSPS) is 28.6. The van der Waals surface area contributed by atoms with Crippen LogP contribution in [-0.4, -0.2) is 25.2 Å². The molecule has 3 unspecified atom stereocenters. The van der Waals surface area contributed by atoms with Gasteiger partial charge in [-0.05, 0) is 55.2 Å². The maximum atomic E-state index is 12.2. The van der Waals surface area contributed by atoms with E-state index in [1.165, 1.54) is 25.7 Å². The van der Waals surface area contributed by atoms with E-state index in [1.54, 1.807) is 0 Å². The van der Waals surface area contributed by atoms with E-state index in [4.69, 9.17) is 9.47 Å². The molecule has 1 aliphatic heterocycles. The third kappa shape index (κ3) is 2.79. The Kier molecular flexibility index (Phi) is 3.68. The average molecular weight is 301 g/mol. The Bertz CT molecular complexity index is 571. The van der Waals surface area contributed by atoms with Crippen molar-refractivity contribution in [2.45, 2.75) is 44.6 Å². The molecule has 2 fully saturated rings. The number of fused-ring (bicyclic) bond motifs is 3.